The summed E-state index contributed by atoms with van der Waals surface area (Å²) in [5.74, 6) is -7.19. The first-order valence-corrected chi connectivity index (χ1v) is 11.6. The average Bonchev–Trinajstić information content (AvgIpc) is 2.79. The zero-order valence-corrected chi connectivity index (χ0v) is 20.6. The van der Waals surface area contributed by atoms with Gasteiger partial charge in [0.2, 0.25) is 5.78 Å². The van der Waals surface area contributed by atoms with Crippen molar-refractivity contribution in [2.24, 2.45) is 17.6 Å². The van der Waals surface area contributed by atoms with Gasteiger partial charge in [0, 0.05) is 18.0 Å². The third-order valence-electron chi connectivity index (χ3n) is 7.34. The molecule has 0 bridgehead atoms. The summed E-state index contributed by atoms with van der Waals surface area (Å²) in [5.41, 5.74) is 5.34. The summed E-state index contributed by atoms with van der Waals surface area (Å²) in [5, 5.41) is 44.2. The Balaban J connectivity index is 1.84. The summed E-state index contributed by atoms with van der Waals surface area (Å²) < 4.78 is 0. The van der Waals surface area contributed by atoms with Crippen molar-refractivity contribution >= 4 is 29.0 Å². The van der Waals surface area contributed by atoms with E-state index in [0.717, 1.165) is 0 Å². The number of likely N-dealkylation sites (N-methyl/N-ethyl adjacent to an activating group) is 1. The number of benzene rings is 1. The van der Waals surface area contributed by atoms with Crippen molar-refractivity contribution in [3.05, 3.63) is 45.7 Å². The molecule has 1 fully saturated rings. The van der Waals surface area contributed by atoms with Crippen LogP contribution in [-0.4, -0.2) is 80.9 Å². The van der Waals surface area contributed by atoms with E-state index in [9.17, 15) is 39.6 Å². The second-order valence-electron chi connectivity index (χ2n) is 9.87. The van der Waals surface area contributed by atoms with Gasteiger partial charge in [0.25, 0.3) is 5.91 Å². The Hall–Kier alpha value is -3.58. The lowest BCUT2D eigenvalue weighted by atomic mass is 9.57. The lowest BCUT2D eigenvalue weighted by Gasteiger charge is -2.50. The Kier molecular flexibility index (Phi) is 6.71. The topological polar surface area (TPSA) is 200 Å². The maximum absolute atomic E-state index is 13.8. The Morgan fingerprint density at radius 1 is 1.22 bits per heavy atom. The largest absolute Gasteiger partial charge is 0.508 e. The standard InChI is InChI=1S/C25H29N3O9/c1-10(29)9-37-27-8-11-4-5-15(30)17-13(11)6-12-7-14-19(28(2)3)21(32)18(24(26)35)23(34)25(14,36)22(33)16(12)20(17)31/h4-5,12,14,19,27,30-31,34,36H,6-9H2,1-3H3,(H2,26,35)/t12-,14-,19-,25-/m0/s1. The molecule has 4 rings (SSSR count). The first-order valence-electron chi connectivity index (χ1n) is 11.6. The van der Waals surface area contributed by atoms with E-state index in [4.69, 9.17) is 10.6 Å². The number of phenols is 1. The molecular weight excluding hydrogens is 486 g/mol. The van der Waals surface area contributed by atoms with Gasteiger partial charge in [-0.25, -0.2) is 0 Å². The molecule has 0 aromatic heterocycles. The lowest BCUT2D eigenvalue weighted by molar-refractivity contribution is -0.153. The van der Waals surface area contributed by atoms with Crippen LogP contribution in [0, 0.1) is 11.8 Å². The Labute approximate surface area is 212 Å². The van der Waals surface area contributed by atoms with E-state index in [-0.39, 0.29) is 48.7 Å². The number of nitrogens with two attached hydrogens (primary N) is 1. The van der Waals surface area contributed by atoms with Crippen molar-refractivity contribution in [1.29, 1.82) is 0 Å². The number of phenolic OH excluding ortho intramolecular Hbond substituents is 1. The van der Waals surface area contributed by atoms with Crippen LogP contribution >= 0.6 is 0 Å². The third-order valence-corrected chi connectivity index (χ3v) is 7.34. The Morgan fingerprint density at radius 2 is 1.89 bits per heavy atom. The average molecular weight is 516 g/mol. The van der Waals surface area contributed by atoms with Gasteiger partial charge in [0.1, 0.15) is 29.4 Å². The minimum absolute atomic E-state index is 0.00484. The molecule has 7 N–H and O–H groups in total. The number of hydrogen-bond acceptors (Lipinski definition) is 11. The monoisotopic (exact) mass is 515 g/mol. The Morgan fingerprint density at radius 3 is 2.49 bits per heavy atom. The second kappa shape index (κ2) is 9.38. The van der Waals surface area contributed by atoms with Crippen LogP contribution in [0.25, 0.3) is 5.76 Å². The number of hydroxylamine groups is 1. The van der Waals surface area contributed by atoms with Gasteiger partial charge < -0.3 is 26.2 Å². The highest BCUT2D eigenvalue weighted by atomic mass is 16.6. The first-order chi connectivity index (χ1) is 17.3. The number of aliphatic hydroxyl groups excluding tert-OH is 2. The van der Waals surface area contributed by atoms with Crippen LogP contribution in [-0.2, 0) is 37.0 Å². The van der Waals surface area contributed by atoms with Crippen molar-refractivity contribution in [2.75, 3.05) is 20.7 Å². The van der Waals surface area contributed by atoms with E-state index in [1.165, 1.54) is 32.0 Å². The molecule has 0 unspecified atom stereocenters. The summed E-state index contributed by atoms with van der Waals surface area (Å²) in [6, 6.07) is 1.78. The quantitative estimate of drug-likeness (QED) is 0.156. The number of amides is 1. The molecule has 3 aliphatic carbocycles. The molecule has 37 heavy (non-hydrogen) atoms. The van der Waals surface area contributed by atoms with Crippen molar-refractivity contribution in [2.45, 2.75) is 38.0 Å². The number of Topliss-reactive ketones (excluding diaryl/α,β-unsaturated/α-hetero) is 3. The van der Waals surface area contributed by atoms with E-state index in [1.54, 1.807) is 6.07 Å². The van der Waals surface area contributed by atoms with Crippen molar-refractivity contribution in [3.8, 4) is 5.75 Å². The van der Waals surface area contributed by atoms with Crippen LogP contribution in [0.4, 0.5) is 0 Å². The van der Waals surface area contributed by atoms with Gasteiger partial charge in [-0.2, -0.15) is 5.48 Å². The molecule has 3 aliphatic rings. The van der Waals surface area contributed by atoms with Crippen LogP contribution in [0.1, 0.15) is 30.0 Å². The molecular formula is C25H29N3O9. The summed E-state index contributed by atoms with van der Waals surface area (Å²) >= 11 is 0. The predicted octanol–water partition coefficient (Wildman–Crippen LogP) is -0.426. The molecule has 4 atom stereocenters. The van der Waals surface area contributed by atoms with Gasteiger partial charge in [-0.05, 0) is 57.0 Å². The molecule has 0 spiro atoms. The number of aliphatic hydroxyl groups is 3. The maximum Gasteiger partial charge on any atom is 0.255 e. The van der Waals surface area contributed by atoms with Crippen molar-refractivity contribution in [1.82, 2.24) is 10.4 Å². The summed E-state index contributed by atoms with van der Waals surface area (Å²) in [7, 11) is 3.08. The normalized spacial score (nSPS) is 27.2. The zero-order chi connectivity index (χ0) is 27.4. The summed E-state index contributed by atoms with van der Waals surface area (Å²) in [6.07, 6.45) is 0.155. The number of nitrogens with zero attached hydrogens (tertiary/aromatic N) is 1. The fourth-order valence-electron chi connectivity index (χ4n) is 5.76. The molecule has 1 aromatic carbocycles. The van der Waals surface area contributed by atoms with Crippen LogP contribution in [0.15, 0.2) is 29.0 Å². The third kappa shape index (κ3) is 4.02. The highest BCUT2D eigenvalue weighted by molar-refractivity contribution is 6.24. The number of ketones is 3. The van der Waals surface area contributed by atoms with Crippen molar-refractivity contribution < 1.29 is 44.4 Å². The van der Waals surface area contributed by atoms with E-state index >= 15 is 0 Å². The molecule has 0 heterocycles. The van der Waals surface area contributed by atoms with Gasteiger partial charge in [-0.1, -0.05) is 6.07 Å². The molecule has 1 amide bonds. The molecule has 0 radical (unpaired) electrons. The van der Waals surface area contributed by atoms with Gasteiger partial charge in [-0.15, -0.1) is 0 Å². The lowest BCUT2D eigenvalue weighted by Crippen LogP contribution is -2.65. The number of carbonyl (C=O) groups is 4. The van der Waals surface area contributed by atoms with Gasteiger partial charge in [-0.3, -0.25) is 28.9 Å². The highest BCUT2D eigenvalue weighted by Gasteiger charge is 2.64. The molecule has 12 heteroatoms. The number of fused-ring (bicyclic) bond motifs is 3. The zero-order valence-electron chi connectivity index (χ0n) is 20.6. The van der Waals surface area contributed by atoms with E-state index < -0.39 is 58.0 Å². The number of rotatable bonds is 7. The van der Waals surface area contributed by atoms with Crippen LogP contribution in [0.3, 0.4) is 0 Å². The molecule has 1 aromatic rings. The minimum Gasteiger partial charge on any atom is -0.508 e. The van der Waals surface area contributed by atoms with E-state index in [2.05, 4.69) is 5.48 Å². The first kappa shape index (κ1) is 26.5. The maximum atomic E-state index is 13.8. The predicted molar refractivity (Wildman–Crippen MR) is 128 cm³/mol. The second-order valence-corrected chi connectivity index (χ2v) is 9.87. The number of aromatic hydroxyl groups is 1. The van der Waals surface area contributed by atoms with Crippen LogP contribution < -0.4 is 11.2 Å². The van der Waals surface area contributed by atoms with Crippen LogP contribution in [0.5, 0.6) is 5.75 Å². The number of carbonyl (C=O) groups excluding carboxylic acids is 4. The molecule has 198 valence electrons. The highest BCUT2D eigenvalue weighted by Crippen LogP contribution is 2.52. The van der Waals surface area contributed by atoms with Gasteiger partial charge in [0.15, 0.2) is 17.2 Å². The molecule has 0 saturated heterocycles. The van der Waals surface area contributed by atoms with Gasteiger partial charge in [0.05, 0.1) is 11.6 Å². The van der Waals surface area contributed by atoms with Gasteiger partial charge >= 0.3 is 0 Å². The van der Waals surface area contributed by atoms with E-state index in [0.29, 0.717) is 11.1 Å². The summed E-state index contributed by atoms with van der Waals surface area (Å²) in [4.78, 5) is 56.6. The summed E-state index contributed by atoms with van der Waals surface area (Å²) in [6.45, 7) is 1.33. The molecule has 1 saturated carbocycles. The smallest absolute Gasteiger partial charge is 0.255 e. The number of primary amides is 1. The fraction of sp³-hybridized carbons (Fsp3) is 0.440. The fourth-order valence-corrected chi connectivity index (χ4v) is 5.76. The van der Waals surface area contributed by atoms with Crippen molar-refractivity contribution in [3.63, 3.8) is 0 Å². The molecule has 12 nitrogen and oxygen atoms in total. The Bertz CT molecular complexity index is 1280. The van der Waals surface area contributed by atoms with Crippen LogP contribution in [0.2, 0.25) is 0 Å². The minimum atomic E-state index is -2.68. The molecule has 0 aliphatic heterocycles. The number of hydrogen-bond donors (Lipinski definition) is 6. The number of nitrogens with one attached hydrogen (secondary N) is 1. The SMILES string of the molecule is CC(=O)CONCc1ccc(O)c2c1C[C@H]1C[C@H]3[C@H](N(C)C)C(=O)C(C(N)=O)=C(O)[C@@]3(O)C(=O)C1=C2O. The van der Waals surface area contributed by atoms with E-state index in [1.807, 2.05) is 0 Å².